The fourth-order valence-electron chi connectivity index (χ4n) is 1.32. The van der Waals surface area contributed by atoms with Gasteiger partial charge in [0.2, 0.25) is 5.88 Å². The van der Waals surface area contributed by atoms with Gasteiger partial charge >= 0.3 is 0 Å². The molecule has 0 aliphatic carbocycles. The number of hydrogen-bond acceptors (Lipinski definition) is 8. The van der Waals surface area contributed by atoms with Gasteiger partial charge in [0.1, 0.15) is 4.75 Å². The topological polar surface area (TPSA) is 99.9 Å². The highest BCUT2D eigenvalue weighted by Crippen LogP contribution is 2.25. The Morgan fingerprint density at radius 2 is 2.15 bits per heavy atom. The summed E-state index contributed by atoms with van der Waals surface area (Å²) in [5.41, 5.74) is 0. The molecule has 2 rings (SSSR count). The van der Waals surface area contributed by atoms with Gasteiger partial charge in [0.05, 0.1) is 18.5 Å². The van der Waals surface area contributed by atoms with Gasteiger partial charge in [0.25, 0.3) is 0 Å². The Kier molecular flexibility index (Phi) is 3.78. The molecule has 20 heavy (non-hydrogen) atoms. The quantitative estimate of drug-likeness (QED) is 0.790. The van der Waals surface area contributed by atoms with Crippen LogP contribution in [0.15, 0.2) is 6.07 Å². The van der Waals surface area contributed by atoms with Crippen LogP contribution in [-0.4, -0.2) is 46.4 Å². The monoisotopic (exact) mass is 317 g/mol. The maximum Gasteiger partial charge on any atom is 0.225 e. The van der Waals surface area contributed by atoms with Crippen molar-refractivity contribution >= 4 is 21.4 Å². The lowest BCUT2D eigenvalue weighted by molar-refractivity contribution is 0.402. The van der Waals surface area contributed by atoms with E-state index in [-0.39, 0.29) is 5.82 Å². The van der Waals surface area contributed by atoms with E-state index >= 15 is 0 Å². The summed E-state index contributed by atoms with van der Waals surface area (Å²) in [7, 11) is -1.78. The van der Waals surface area contributed by atoms with Gasteiger partial charge in [-0.2, -0.15) is 9.17 Å². The van der Waals surface area contributed by atoms with E-state index in [1.165, 1.54) is 16.3 Å². The van der Waals surface area contributed by atoms with E-state index in [1.807, 2.05) is 0 Å². The first-order valence-electron chi connectivity index (χ1n) is 5.71. The zero-order chi connectivity index (χ0) is 15.0. The van der Waals surface area contributed by atoms with Gasteiger partial charge in [-0.15, -0.1) is 10.2 Å². The lowest BCUT2D eigenvalue weighted by atomic mass is 10.2. The first-order valence-corrected chi connectivity index (χ1v) is 8.38. The zero-order valence-corrected chi connectivity index (χ0v) is 13.2. The number of methoxy groups -OCH3 is 1. The van der Waals surface area contributed by atoms with E-state index in [0.717, 1.165) is 11.1 Å². The first-order chi connectivity index (χ1) is 9.24. The van der Waals surface area contributed by atoms with Gasteiger partial charge in [-0.3, -0.25) is 0 Å². The Hall–Kier alpha value is -1.55. The van der Waals surface area contributed by atoms with Crippen molar-refractivity contribution in [1.82, 2.24) is 24.6 Å². The number of tetrazole rings is 1. The molecule has 0 bridgehead atoms. The Labute approximate surface area is 120 Å². The molecule has 0 unspecified atom stereocenters. The summed E-state index contributed by atoms with van der Waals surface area (Å²) in [6, 6.07) is 1.77. The predicted octanol–water partition coefficient (Wildman–Crippen LogP) is 0.466. The van der Waals surface area contributed by atoms with Gasteiger partial charge in [-0.1, -0.05) is 0 Å². The van der Waals surface area contributed by atoms with E-state index < -0.39 is 14.6 Å². The van der Waals surface area contributed by atoms with E-state index in [1.54, 1.807) is 27.0 Å². The summed E-state index contributed by atoms with van der Waals surface area (Å²) in [5.74, 6) is 0.707. The molecule has 2 aromatic rings. The van der Waals surface area contributed by atoms with Crippen LogP contribution in [-0.2, 0) is 21.1 Å². The van der Waals surface area contributed by atoms with Crippen molar-refractivity contribution in [2.75, 3.05) is 13.4 Å². The number of aromatic nitrogens is 5. The lowest BCUT2D eigenvalue weighted by Gasteiger charge is -2.17. The Morgan fingerprint density at radius 3 is 2.70 bits per heavy atom. The van der Waals surface area contributed by atoms with Crippen molar-refractivity contribution in [2.45, 2.75) is 25.1 Å². The molecule has 0 fully saturated rings. The van der Waals surface area contributed by atoms with E-state index in [4.69, 9.17) is 4.74 Å². The van der Waals surface area contributed by atoms with Crippen LogP contribution < -0.4 is 4.74 Å². The second-order valence-corrected chi connectivity index (χ2v) is 8.22. The molecule has 0 aliphatic rings. The van der Waals surface area contributed by atoms with Crippen LogP contribution in [0.5, 0.6) is 5.88 Å². The molecular weight excluding hydrogens is 302 g/mol. The fraction of sp³-hybridized carbons (Fsp3) is 0.600. The molecule has 0 atom stereocenters. The fourth-order valence-corrected chi connectivity index (χ4v) is 2.40. The number of hydrogen-bond donors (Lipinski definition) is 0. The van der Waals surface area contributed by atoms with Crippen molar-refractivity contribution in [2.24, 2.45) is 0 Å². The highest BCUT2D eigenvalue weighted by atomic mass is 32.2. The molecule has 110 valence electrons. The third-order valence-electron chi connectivity index (χ3n) is 2.96. The number of ether oxygens (including phenoxy) is 1. The summed E-state index contributed by atoms with van der Waals surface area (Å²) < 4.78 is 31.3. The van der Waals surface area contributed by atoms with Crippen molar-refractivity contribution < 1.29 is 13.2 Å². The summed E-state index contributed by atoms with van der Waals surface area (Å²) in [6.45, 7) is 3.48. The van der Waals surface area contributed by atoms with Crippen molar-refractivity contribution in [3.63, 3.8) is 0 Å². The molecule has 0 aromatic carbocycles. The minimum atomic E-state index is -3.32. The molecule has 0 aliphatic heterocycles. The molecule has 0 radical (unpaired) electrons. The molecule has 0 saturated heterocycles. The predicted molar refractivity (Wildman–Crippen MR) is 73.5 cm³/mol. The third kappa shape index (κ3) is 2.80. The summed E-state index contributed by atoms with van der Waals surface area (Å²) in [5, 5.41) is 11.8. The molecule has 0 N–H and O–H groups in total. The zero-order valence-electron chi connectivity index (χ0n) is 11.6. The normalized spacial score (nSPS) is 12.6. The third-order valence-corrected chi connectivity index (χ3v) is 5.75. The van der Waals surface area contributed by atoms with Crippen molar-refractivity contribution in [1.29, 1.82) is 0 Å². The highest BCUT2D eigenvalue weighted by Gasteiger charge is 2.37. The van der Waals surface area contributed by atoms with Crippen LogP contribution >= 0.6 is 11.5 Å². The van der Waals surface area contributed by atoms with Crippen molar-refractivity contribution in [3.8, 4) is 5.88 Å². The molecule has 2 heterocycles. The van der Waals surface area contributed by atoms with Crippen LogP contribution in [0.2, 0.25) is 0 Å². The first kappa shape index (κ1) is 14.9. The SMILES string of the molecule is COc1cc(Cn2nnc(C(C)(C)S(C)(=O)=O)n2)sn1. The summed E-state index contributed by atoms with van der Waals surface area (Å²) >= 11 is 1.27. The average molecular weight is 317 g/mol. The van der Waals surface area contributed by atoms with Crippen LogP contribution in [0, 0.1) is 0 Å². The number of nitrogens with zero attached hydrogens (tertiary/aromatic N) is 5. The van der Waals surface area contributed by atoms with Gasteiger partial charge in [-0.25, -0.2) is 8.42 Å². The molecule has 2 aromatic heterocycles. The van der Waals surface area contributed by atoms with E-state index in [2.05, 4.69) is 19.8 Å². The average Bonchev–Trinajstić information content (AvgIpc) is 2.97. The highest BCUT2D eigenvalue weighted by molar-refractivity contribution is 7.91. The van der Waals surface area contributed by atoms with Crippen LogP contribution in [0.1, 0.15) is 24.5 Å². The van der Waals surface area contributed by atoms with Gasteiger partial charge < -0.3 is 4.74 Å². The van der Waals surface area contributed by atoms with E-state index in [0.29, 0.717) is 12.4 Å². The van der Waals surface area contributed by atoms with Crippen LogP contribution in [0.3, 0.4) is 0 Å². The molecule has 0 spiro atoms. The second-order valence-electron chi connectivity index (χ2n) is 4.76. The minimum absolute atomic E-state index is 0.177. The summed E-state index contributed by atoms with van der Waals surface area (Å²) in [4.78, 5) is 2.23. The Morgan fingerprint density at radius 1 is 1.45 bits per heavy atom. The molecule has 10 heteroatoms. The Bertz CT molecular complexity index is 704. The molecule has 0 saturated carbocycles. The maximum atomic E-state index is 11.7. The summed E-state index contributed by atoms with van der Waals surface area (Å²) in [6.07, 6.45) is 1.15. The Balaban J connectivity index is 2.21. The largest absolute Gasteiger partial charge is 0.480 e. The van der Waals surface area contributed by atoms with Crippen LogP contribution in [0.4, 0.5) is 0 Å². The van der Waals surface area contributed by atoms with Crippen LogP contribution in [0.25, 0.3) is 0 Å². The van der Waals surface area contributed by atoms with Crippen molar-refractivity contribution in [3.05, 3.63) is 16.8 Å². The standard InChI is InChI=1S/C10H15N5O3S2/c1-10(2,20(4,16)17)9-11-14-15(12-9)6-7-5-8(18-3)13-19-7/h5H,6H2,1-4H3. The molecule has 8 nitrogen and oxygen atoms in total. The second kappa shape index (κ2) is 5.09. The maximum absolute atomic E-state index is 11.7. The smallest absolute Gasteiger partial charge is 0.225 e. The molecular formula is C10H15N5O3S2. The van der Waals surface area contributed by atoms with E-state index in [9.17, 15) is 8.42 Å². The number of rotatable bonds is 5. The molecule has 0 amide bonds. The lowest BCUT2D eigenvalue weighted by Crippen LogP contribution is -2.29. The number of sulfone groups is 1. The van der Waals surface area contributed by atoms with Gasteiger partial charge in [0, 0.05) is 12.3 Å². The van der Waals surface area contributed by atoms with Gasteiger partial charge in [-0.05, 0) is 30.6 Å². The minimum Gasteiger partial charge on any atom is -0.480 e. The van der Waals surface area contributed by atoms with Gasteiger partial charge in [0.15, 0.2) is 15.7 Å².